The third kappa shape index (κ3) is 6.24. The van der Waals surface area contributed by atoms with Gasteiger partial charge in [0.15, 0.2) is 0 Å². The summed E-state index contributed by atoms with van der Waals surface area (Å²) < 4.78 is 5.63. The van der Waals surface area contributed by atoms with E-state index in [0.717, 1.165) is 50.3 Å². The molecule has 7 nitrogen and oxygen atoms in total. The van der Waals surface area contributed by atoms with Gasteiger partial charge in [-0.05, 0) is 51.4 Å². The molecule has 1 aliphatic heterocycles. The predicted octanol–water partition coefficient (Wildman–Crippen LogP) is 2.16. The summed E-state index contributed by atoms with van der Waals surface area (Å²) in [5, 5.41) is 11.9. The van der Waals surface area contributed by atoms with E-state index in [4.69, 9.17) is 9.84 Å². The van der Waals surface area contributed by atoms with Crippen LogP contribution in [0, 0.1) is 6.92 Å². The van der Waals surface area contributed by atoms with Gasteiger partial charge in [0.05, 0.1) is 17.8 Å². The lowest BCUT2D eigenvalue weighted by Gasteiger charge is -2.32. The van der Waals surface area contributed by atoms with Crippen LogP contribution < -0.4 is 10.1 Å². The lowest BCUT2D eigenvalue weighted by molar-refractivity contribution is 0.0943. The first kappa shape index (κ1) is 21.2. The number of hydrogen-bond acceptors (Lipinski definition) is 6. The van der Waals surface area contributed by atoms with Gasteiger partial charge in [-0.2, -0.15) is 0 Å². The molecule has 1 fully saturated rings. The lowest BCUT2D eigenvalue weighted by Crippen LogP contribution is -2.35. The molecule has 1 aromatic carbocycles. The van der Waals surface area contributed by atoms with E-state index in [1.165, 1.54) is 0 Å². The number of para-hydroxylation sites is 1. The number of aliphatic hydroxyl groups excluding tert-OH is 1. The standard InChI is InChI=1S/C22H30N4O3/c1-17-24-16-20(22(28)23-10-15-29-19-6-3-2-4-7-19)21(25-17)18-8-12-26(13-9-18)11-5-14-27/h2-4,6-7,16,18,27H,5,8-15H2,1H3,(H,23,28). The number of carbonyl (C=O) groups is 1. The van der Waals surface area contributed by atoms with Crippen molar-refractivity contribution in [3.8, 4) is 5.75 Å². The first-order valence-corrected chi connectivity index (χ1v) is 10.3. The van der Waals surface area contributed by atoms with Crippen LogP contribution in [0.4, 0.5) is 0 Å². The topological polar surface area (TPSA) is 87.6 Å². The third-order valence-electron chi connectivity index (χ3n) is 5.19. The third-order valence-corrected chi connectivity index (χ3v) is 5.19. The van der Waals surface area contributed by atoms with E-state index in [9.17, 15) is 4.79 Å². The normalized spacial score (nSPS) is 15.2. The van der Waals surface area contributed by atoms with Crippen molar-refractivity contribution in [1.82, 2.24) is 20.2 Å². The summed E-state index contributed by atoms with van der Waals surface area (Å²) in [4.78, 5) is 24.0. The van der Waals surface area contributed by atoms with Crippen LogP contribution in [0.15, 0.2) is 36.5 Å². The van der Waals surface area contributed by atoms with Gasteiger partial charge in [0.1, 0.15) is 18.2 Å². The Labute approximate surface area is 172 Å². The molecular weight excluding hydrogens is 368 g/mol. The average molecular weight is 399 g/mol. The van der Waals surface area contributed by atoms with Gasteiger partial charge in [-0.3, -0.25) is 4.79 Å². The number of hydrogen-bond donors (Lipinski definition) is 2. The van der Waals surface area contributed by atoms with Crippen LogP contribution in [0.25, 0.3) is 0 Å². The average Bonchev–Trinajstić information content (AvgIpc) is 2.76. The molecule has 29 heavy (non-hydrogen) atoms. The fourth-order valence-electron chi connectivity index (χ4n) is 3.64. The van der Waals surface area contributed by atoms with E-state index in [1.807, 2.05) is 37.3 Å². The SMILES string of the molecule is Cc1ncc(C(=O)NCCOc2ccccc2)c(C2CCN(CCCO)CC2)n1. The first-order chi connectivity index (χ1) is 14.2. The number of nitrogens with zero attached hydrogens (tertiary/aromatic N) is 3. The number of aliphatic hydroxyl groups is 1. The Balaban J connectivity index is 1.56. The number of likely N-dealkylation sites (tertiary alicyclic amines) is 1. The smallest absolute Gasteiger partial charge is 0.254 e. The Kier molecular flexibility index (Phi) is 7.95. The number of benzene rings is 1. The van der Waals surface area contributed by atoms with Crippen LogP contribution in [-0.4, -0.2) is 65.3 Å². The second-order valence-corrected chi connectivity index (χ2v) is 7.33. The van der Waals surface area contributed by atoms with E-state index in [-0.39, 0.29) is 18.4 Å². The van der Waals surface area contributed by atoms with Crippen LogP contribution in [0.5, 0.6) is 5.75 Å². The summed E-state index contributed by atoms with van der Waals surface area (Å²) in [6, 6.07) is 9.55. The van der Waals surface area contributed by atoms with Crippen LogP contribution in [0.1, 0.15) is 47.1 Å². The predicted molar refractivity (Wildman–Crippen MR) is 111 cm³/mol. The van der Waals surface area contributed by atoms with Gasteiger partial charge >= 0.3 is 0 Å². The zero-order valence-electron chi connectivity index (χ0n) is 17.0. The maximum Gasteiger partial charge on any atom is 0.254 e. The minimum Gasteiger partial charge on any atom is -0.492 e. The Hall–Kier alpha value is -2.51. The zero-order chi connectivity index (χ0) is 20.5. The van der Waals surface area contributed by atoms with Crippen LogP contribution in [-0.2, 0) is 0 Å². The highest BCUT2D eigenvalue weighted by molar-refractivity contribution is 5.95. The summed E-state index contributed by atoms with van der Waals surface area (Å²) in [6.07, 6.45) is 4.36. The minimum absolute atomic E-state index is 0.153. The number of nitrogens with one attached hydrogen (secondary N) is 1. The number of ether oxygens (including phenoxy) is 1. The second kappa shape index (κ2) is 10.9. The van der Waals surface area contributed by atoms with Crippen molar-refractivity contribution in [3.05, 3.63) is 53.6 Å². The molecule has 0 bridgehead atoms. The summed E-state index contributed by atoms with van der Waals surface area (Å²) in [5.41, 5.74) is 1.41. The van der Waals surface area contributed by atoms with Gasteiger partial charge in [0.25, 0.3) is 5.91 Å². The molecule has 0 spiro atoms. The van der Waals surface area contributed by atoms with Gasteiger partial charge in [-0.25, -0.2) is 9.97 Å². The Morgan fingerprint density at radius 1 is 1.28 bits per heavy atom. The fourth-order valence-corrected chi connectivity index (χ4v) is 3.64. The van der Waals surface area contributed by atoms with Crippen molar-refractivity contribution >= 4 is 5.91 Å². The van der Waals surface area contributed by atoms with Crippen molar-refractivity contribution in [1.29, 1.82) is 0 Å². The maximum atomic E-state index is 12.8. The molecule has 7 heteroatoms. The highest BCUT2D eigenvalue weighted by atomic mass is 16.5. The van der Waals surface area contributed by atoms with E-state index < -0.39 is 0 Å². The second-order valence-electron chi connectivity index (χ2n) is 7.33. The van der Waals surface area contributed by atoms with Gasteiger partial charge in [-0.15, -0.1) is 0 Å². The first-order valence-electron chi connectivity index (χ1n) is 10.3. The largest absolute Gasteiger partial charge is 0.492 e. The fraction of sp³-hybridized carbons (Fsp3) is 0.500. The van der Waals surface area contributed by atoms with Gasteiger partial charge in [0.2, 0.25) is 0 Å². The molecule has 156 valence electrons. The highest BCUT2D eigenvalue weighted by Crippen LogP contribution is 2.29. The van der Waals surface area contributed by atoms with Crippen LogP contribution in [0.2, 0.25) is 0 Å². The number of piperidine rings is 1. The summed E-state index contributed by atoms with van der Waals surface area (Å²) in [7, 11) is 0. The van der Waals surface area contributed by atoms with Crippen LogP contribution >= 0.6 is 0 Å². The molecule has 2 N–H and O–H groups in total. The summed E-state index contributed by atoms with van der Waals surface area (Å²) in [6.45, 7) is 5.74. The number of aryl methyl sites for hydroxylation is 1. The van der Waals surface area contributed by atoms with Gasteiger partial charge in [0, 0.05) is 25.3 Å². The number of rotatable bonds is 9. The van der Waals surface area contributed by atoms with E-state index >= 15 is 0 Å². The van der Waals surface area contributed by atoms with Crippen molar-refractivity contribution in [2.45, 2.75) is 32.1 Å². The Morgan fingerprint density at radius 3 is 2.76 bits per heavy atom. The van der Waals surface area contributed by atoms with Crippen molar-refractivity contribution in [3.63, 3.8) is 0 Å². The Bertz CT molecular complexity index is 777. The van der Waals surface area contributed by atoms with Crippen molar-refractivity contribution in [2.24, 2.45) is 0 Å². The molecule has 0 unspecified atom stereocenters. The molecule has 0 atom stereocenters. The molecule has 1 saturated heterocycles. The number of carbonyl (C=O) groups excluding carboxylic acids is 1. The number of amides is 1. The Morgan fingerprint density at radius 2 is 2.03 bits per heavy atom. The lowest BCUT2D eigenvalue weighted by atomic mass is 9.90. The molecule has 2 heterocycles. The summed E-state index contributed by atoms with van der Waals surface area (Å²) >= 11 is 0. The quantitative estimate of drug-likeness (QED) is 0.630. The van der Waals surface area contributed by atoms with E-state index in [2.05, 4.69) is 20.2 Å². The zero-order valence-corrected chi connectivity index (χ0v) is 17.0. The number of aromatic nitrogens is 2. The molecule has 0 aliphatic carbocycles. The van der Waals surface area contributed by atoms with E-state index in [1.54, 1.807) is 6.20 Å². The molecule has 0 radical (unpaired) electrons. The maximum absolute atomic E-state index is 12.8. The van der Waals surface area contributed by atoms with Crippen molar-refractivity contribution in [2.75, 3.05) is 39.4 Å². The highest BCUT2D eigenvalue weighted by Gasteiger charge is 2.26. The molecule has 0 saturated carbocycles. The van der Waals surface area contributed by atoms with Crippen molar-refractivity contribution < 1.29 is 14.6 Å². The molecule has 1 aromatic heterocycles. The molecule has 2 aromatic rings. The molecule has 3 rings (SSSR count). The molecule has 1 amide bonds. The minimum atomic E-state index is -0.153. The molecule has 1 aliphatic rings. The monoisotopic (exact) mass is 398 g/mol. The van der Waals surface area contributed by atoms with E-state index in [0.29, 0.717) is 24.5 Å². The van der Waals surface area contributed by atoms with Crippen LogP contribution in [0.3, 0.4) is 0 Å². The summed E-state index contributed by atoms with van der Waals surface area (Å²) in [5.74, 6) is 1.57. The van der Waals surface area contributed by atoms with Gasteiger partial charge < -0.3 is 20.1 Å². The van der Waals surface area contributed by atoms with Gasteiger partial charge in [-0.1, -0.05) is 18.2 Å². The molecular formula is C22H30N4O3.